The molecule has 1 aromatic rings. The van der Waals surface area contributed by atoms with Gasteiger partial charge < -0.3 is 24.6 Å². The summed E-state index contributed by atoms with van der Waals surface area (Å²) >= 11 is 0. The largest absolute Gasteiger partial charge is 0.492 e. The first-order valence-corrected chi connectivity index (χ1v) is 4.59. The zero-order valence-corrected chi connectivity index (χ0v) is 8.21. The van der Waals surface area contributed by atoms with Gasteiger partial charge in [-0.15, -0.1) is 0 Å². The molecule has 1 aliphatic heterocycles. The van der Waals surface area contributed by atoms with Crippen LogP contribution in [-0.2, 0) is 11.2 Å². The molecule has 0 unspecified atom stereocenters. The predicted octanol–water partition coefficient (Wildman–Crippen LogP) is -1.28. The van der Waals surface area contributed by atoms with E-state index in [1.807, 2.05) is 0 Å². The molecule has 1 heterocycles. The molecule has 0 aliphatic carbocycles. The van der Waals surface area contributed by atoms with Crippen LogP contribution < -0.4 is 14.9 Å². The molecule has 84 valence electrons. The van der Waals surface area contributed by atoms with E-state index in [9.17, 15) is 14.8 Å². The zero-order valence-electron chi connectivity index (χ0n) is 8.21. The Morgan fingerprint density at radius 3 is 2.75 bits per heavy atom. The Morgan fingerprint density at radius 2 is 2.12 bits per heavy atom. The lowest BCUT2D eigenvalue weighted by atomic mass is 9.75. The fourth-order valence-corrected chi connectivity index (χ4v) is 1.63. The quantitative estimate of drug-likeness (QED) is 0.553. The number of aliphatic carboxylic acids is 1. The molecular formula is C9H9BO6. The van der Waals surface area contributed by atoms with Gasteiger partial charge >= 0.3 is 13.1 Å². The Labute approximate surface area is 91.2 Å². The molecule has 7 heteroatoms. The van der Waals surface area contributed by atoms with Crippen molar-refractivity contribution in [2.75, 3.05) is 6.79 Å². The summed E-state index contributed by atoms with van der Waals surface area (Å²) in [5.41, 5.74) is 0.351. The third-order valence-corrected chi connectivity index (χ3v) is 2.27. The van der Waals surface area contributed by atoms with Gasteiger partial charge in [0.15, 0.2) is 11.5 Å². The van der Waals surface area contributed by atoms with Crippen LogP contribution >= 0.6 is 0 Å². The third-order valence-electron chi connectivity index (χ3n) is 2.27. The highest BCUT2D eigenvalue weighted by Crippen LogP contribution is 2.31. The molecule has 6 nitrogen and oxygen atoms in total. The summed E-state index contributed by atoms with van der Waals surface area (Å²) < 4.78 is 10.1. The van der Waals surface area contributed by atoms with Crippen LogP contribution in [0.3, 0.4) is 0 Å². The van der Waals surface area contributed by atoms with Crippen molar-refractivity contribution >= 4 is 18.6 Å². The van der Waals surface area contributed by atoms with Crippen molar-refractivity contribution in [3.05, 3.63) is 17.7 Å². The molecule has 16 heavy (non-hydrogen) atoms. The first kappa shape index (κ1) is 10.8. The number of carboxylic acid groups (broad SMARTS) is 1. The topological polar surface area (TPSA) is 96.2 Å². The fourth-order valence-electron chi connectivity index (χ4n) is 1.63. The van der Waals surface area contributed by atoms with Gasteiger partial charge in [0.1, 0.15) is 0 Å². The molecule has 0 fully saturated rings. The summed E-state index contributed by atoms with van der Waals surface area (Å²) in [7, 11) is -1.79. The van der Waals surface area contributed by atoms with Crippen LogP contribution in [0.5, 0.6) is 11.5 Å². The van der Waals surface area contributed by atoms with Crippen LogP contribution in [0.15, 0.2) is 12.1 Å². The van der Waals surface area contributed by atoms with Gasteiger partial charge in [-0.2, -0.15) is 0 Å². The molecule has 0 saturated heterocycles. The molecule has 0 aromatic heterocycles. The van der Waals surface area contributed by atoms with Gasteiger partial charge in [0.25, 0.3) is 0 Å². The standard InChI is InChI=1S/C9H9BO6/c11-7(12)3-5-1-2-6-9(16-4-15-6)8(5)10(13)14/h1-2,13-14H,3-4H2,(H,11,12). The molecule has 0 saturated carbocycles. The van der Waals surface area contributed by atoms with E-state index in [1.165, 1.54) is 6.07 Å². The van der Waals surface area contributed by atoms with E-state index in [0.29, 0.717) is 11.3 Å². The summed E-state index contributed by atoms with van der Waals surface area (Å²) in [5, 5.41) is 27.1. The van der Waals surface area contributed by atoms with Crippen molar-refractivity contribution in [2.45, 2.75) is 6.42 Å². The number of benzene rings is 1. The number of carboxylic acids is 1. The van der Waals surface area contributed by atoms with Crippen molar-refractivity contribution in [2.24, 2.45) is 0 Å². The van der Waals surface area contributed by atoms with Crippen LogP contribution in [0.1, 0.15) is 5.56 Å². The van der Waals surface area contributed by atoms with Crippen molar-refractivity contribution in [3.8, 4) is 11.5 Å². The average molecular weight is 224 g/mol. The minimum atomic E-state index is -1.79. The second-order valence-corrected chi connectivity index (χ2v) is 3.32. The Bertz CT molecular complexity index is 430. The summed E-state index contributed by atoms with van der Waals surface area (Å²) in [6, 6.07) is 3.03. The van der Waals surface area contributed by atoms with E-state index < -0.39 is 13.1 Å². The lowest BCUT2D eigenvalue weighted by molar-refractivity contribution is -0.136. The third kappa shape index (κ3) is 1.82. The van der Waals surface area contributed by atoms with E-state index in [2.05, 4.69) is 0 Å². The number of ether oxygens (including phenoxy) is 2. The van der Waals surface area contributed by atoms with E-state index in [-0.39, 0.29) is 24.4 Å². The lowest BCUT2D eigenvalue weighted by Crippen LogP contribution is -2.34. The highest BCUT2D eigenvalue weighted by molar-refractivity contribution is 6.60. The van der Waals surface area contributed by atoms with Gasteiger partial charge in [-0.3, -0.25) is 4.79 Å². The van der Waals surface area contributed by atoms with Crippen LogP contribution in [0.4, 0.5) is 0 Å². The van der Waals surface area contributed by atoms with E-state index >= 15 is 0 Å². The zero-order chi connectivity index (χ0) is 11.7. The Kier molecular flexibility index (Phi) is 2.72. The number of hydrogen-bond donors (Lipinski definition) is 3. The second-order valence-electron chi connectivity index (χ2n) is 3.32. The highest BCUT2D eigenvalue weighted by Gasteiger charge is 2.28. The normalized spacial score (nSPS) is 12.6. The Morgan fingerprint density at radius 1 is 1.38 bits per heavy atom. The molecule has 0 radical (unpaired) electrons. The minimum absolute atomic E-state index is 0.00836. The molecule has 3 N–H and O–H groups in total. The number of fused-ring (bicyclic) bond motifs is 1. The molecule has 0 atom stereocenters. The summed E-state index contributed by atoms with van der Waals surface area (Å²) in [4.78, 5) is 10.6. The van der Waals surface area contributed by atoms with Crippen LogP contribution in [0.2, 0.25) is 0 Å². The molecule has 0 spiro atoms. The van der Waals surface area contributed by atoms with Gasteiger partial charge in [-0.25, -0.2) is 0 Å². The SMILES string of the molecule is O=C(O)Cc1ccc2c(c1B(O)O)OCO2. The maximum atomic E-state index is 10.6. The van der Waals surface area contributed by atoms with E-state index in [0.717, 1.165) is 0 Å². The number of hydrogen-bond acceptors (Lipinski definition) is 5. The smallest absolute Gasteiger partial charge is 0.481 e. The number of rotatable bonds is 3. The molecule has 1 aliphatic rings. The van der Waals surface area contributed by atoms with Crippen LogP contribution in [0, 0.1) is 0 Å². The van der Waals surface area contributed by atoms with Gasteiger partial charge in [0, 0.05) is 5.46 Å². The Balaban J connectivity index is 2.49. The molecular weight excluding hydrogens is 215 g/mol. The maximum absolute atomic E-state index is 10.6. The van der Waals surface area contributed by atoms with E-state index in [4.69, 9.17) is 14.6 Å². The highest BCUT2D eigenvalue weighted by atomic mass is 16.7. The fraction of sp³-hybridized carbons (Fsp3) is 0.222. The minimum Gasteiger partial charge on any atom is -0.481 e. The van der Waals surface area contributed by atoms with Crippen LogP contribution in [-0.4, -0.2) is 35.0 Å². The average Bonchev–Trinajstić information content (AvgIpc) is 2.63. The monoisotopic (exact) mass is 224 g/mol. The maximum Gasteiger partial charge on any atom is 0.492 e. The summed E-state index contributed by atoms with van der Waals surface area (Å²) in [5.74, 6) is -0.466. The van der Waals surface area contributed by atoms with E-state index in [1.54, 1.807) is 6.07 Å². The molecule has 0 bridgehead atoms. The molecule has 2 rings (SSSR count). The van der Waals surface area contributed by atoms with Gasteiger partial charge in [0.05, 0.1) is 6.42 Å². The second kappa shape index (κ2) is 4.03. The van der Waals surface area contributed by atoms with Crippen molar-refractivity contribution in [1.29, 1.82) is 0 Å². The lowest BCUT2D eigenvalue weighted by Gasteiger charge is -2.09. The van der Waals surface area contributed by atoms with Crippen molar-refractivity contribution < 1.29 is 29.4 Å². The first-order valence-electron chi connectivity index (χ1n) is 4.59. The molecule has 0 amide bonds. The molecule has 1 aromatic carbocycles. The van der Waals surface area contributed by atoms with Crippen LogP contribution in [0.25, 0.3) is 0 Å². The Hall–Kier alpha value is -1.73. The summed E-state index contributed by atoms with van der Waals surface area (Å²) in [6.07, 6.45) is -0.302. The predicted molar refractivity (Wildman–Crippen MR) is 53.7 cm³/mol. The van der Waals surface area contributed by atoms with Crippen molar-refractivity contribution in [1.82, 2.24) is 0 Å². The van der Waals surface area contributed by atoms with Gasteiger partial charge in [-0.05, 0) is 11.6 Å². The van der Waals surface area contributed by atoms with Gasteiger partial charge in [-0.1, -0.05) is 6.07 Å². The van der Waals surface area contributed by atoms with Crippen molar-refractivity contribution in [3.63, 3.8) is 0 Å². The van der Waals surface area contributed by atoms with Gasteiger partial charge in [0.2, 0.25) is 6.79 Å². The summed E-state index contributed by atoms with van der Waals surface area (Å²) in [6.45, 7) is -0.00836. The first-order chi connectivity index (χ1) is 7.59. The number of carbonyl (C=O) groups is 1.